The maximum atomic E-state index is 2.43. The molecule has 0 aromatic rings. The van der Waals surface area contributed by atoms with E-state index < -0.39 is 0 Å². The largest absolute Gasteiger partial charge is 0.0651 e. The summed E-state index contributed by atoms with van der Waals surface area (Å²) < 4.78 is 0. The van der Waals surface area contributed by atoms with Gasteiger partial charge in [-0.25, -0.2) is 0 Å². The summed E-state index contributed by atoms with van der Waals surface area (Å²) in [5.74, 6) is 2.74. The summed E-state index contributed by atoms with van der Waals surface area (Å²) in [5, 5.41) is 0. The highest BCUT2D eigenvalue weighted by atomic mass is 14.3. The molecular weight excluding hydrogens is 180 g/mol. The molecule has 0 amide bonds. The van der Waals surface area contributed by atoms with Crippen molar-refractivity contribution < 1.29 is 0 Å². The molecule has 0 aliphatic heterocycles. The quantitative estimate of drug-likeness (QED) is 0.543. The van der Waals surface area contributed by atoms with Crippen LogP contribution in [0.1, 0.15) is 74.1 Å². The van der Waals surface area contributed by atoms with Crippen LogP contribution >= 0.6 is 0 Å². The van der Waals surface area contributed by atoms with E-state index in [0.717, 1.165) is 17.8 Å². The second kappa shape index (κ2) is 6.55. The van der Waals surface area contributed by atoms with Crippen LogP contribution in [-0.2, 0) is 0 Å². The summed E-state index contributed by atoms with van der Waals surface area (Å²) in [5.41, 5.74) is 0.488. The minimum atomic E-state index is 0.488. The molecule has 3 atom stereocenters. The maximum absolute atomic E-state index is 2.43. The van der Waals surface area contributed by atoms with Gasteiger partial charge >= 0.3 is 0 Å². The topological polar surface area (TPSA) is 0 Å². The average Bonchev–Trinajstić information content (AvgIpc) is 2.15. The Hall–Kier alpha value is 0. The van der Waals surface area contributed by atoms with Gasteiger partial charge in [0.05, 0.1) is 0 Å². The second-order valence-corrected chi connectivity index (χ2v) is 6.39. The molecule has 3 unspecified atom stereocenters. The lowest BCUT2D eigenvalue weighted by Gasteiger charge is -2.34. The van der Waals surface area contributed by atoms with Gasteiger partial charge in [-0.3, -0.25) is 0 Å². The van der Waals surface area contributed by atoms with Crippen LogP contribution in [0.15, 0.2) is 0 Å². The summed E-state index contributed by atoms with van der Waals surface area (Å²) >= 11 is 0. The summed E-state index contributed by atoms with van der Waals surface area (Å²) in [6.45, 7) is 16.6. The third-order valence-electron chi connectivity index (χ3n) is 3.85. The Morgan fingerprint density at radius 2 is 1.40 bits per heavy atom. The van der Waals surface area contributed by atoms with Crippen molar-refractivity contribution in [3.05, 3.63) is 0 Å². The monoisotopic (exact) mass is 212 g/mol. The van der Waals surface area contributed by atoms with Crippen LogP contribution in [0.5, 0.6) is 0 Å². The van der Waals surface area contributed by atoms with Gasteiger partial charge in [-0.1, -0.05) is 67.7 Å². The van der Waals surface area contributed by atoms with Gasteiger partial charge in [0.2, 0.25) is 0 Å². The normalized spacial score (nSPS) is 18.6. The molecule has 0 heterocycles. The van der Waals surface area contributed by atoms with E-state index in [4.69, 9.17) is 0 Å². The van der Waals surface area contributed by atoms with Gasteiger partial charge in [0.1, 0.15) is 0 Å². The van der Waals surface area contributed by atoms with Crippen molar-refractivity contribution in [2.45, 2.75) is 74.1 Å². The van der Waals surface area contributed by atoms with E-state index in [1.165, 1.54) is 25.7 Å². The SMILES string of the molecule is CCC(C)C(CC)C(CC)CC(C)(C)C. The van der Waals surface area contributed by atoms with Gasteiger partial charge in [0.15, 0.2) is 0 Å². The van der Waals surface area contributed by atoms with Crippen LogP contribution in [0, 0.1) is 23.2 Å². The molecule has 0 rings (SSSR count). The zero-order valence-corrected chi connectivity index (χ0v) is 12.1. The van der Waals surface area contributed by atoms with E-state index in [-0.39, 0.29) is 0 Å². The Kier molecular flexibility index (Phi) is 6.55. The Labute approximate surface area is 97.8 Å². The zero-order valence-electron chi connectivity index (χ0n) is 12.1. The second-order valence-electron chi connectivity index (χ2n) is 6.39. The molecule has 0 aliphatic carbocycles. The smallest absolute Gasteiger partial charge is 0.0363 e. The highest BCUT2D eigenvalue weighted by Gasteiger charge is 2.26. The molecule has 0 saturated heterocycles. The number of hydrogen-bond acceptors (Lipinski definition) is 0. The van der Waals surface area contributed by atoms with E-state index in [0.29, 0.717) is 5.41 Å². The highest BCUT2D eigenvalue weighted by molar-refractivity contribution is 4.77. The predicted molar refractivity (Wildman–Crippen MR) is 71.1 cm³/mol. The summed E-state index contributed by atoms with van der Waals surface area (Å²) in [7, 11) is 0. The van der Waals surface area contributed by atoms with Crippen LogP contribution in [0.4, 0.5) is 0 Å². The third-order valence-corrected chi connectivity index (χ3v) is 3.85. The molecule has 0 spiro atoms. The number of hydrogen-bond donors (Lipinski definition) is 0. The lowest BCUT2D eigenvalue weighted by molar-refractivity contribution is 0.161. The molecule has 0 heteroatoms. The van der Waals surface area contributed by atoms with E-state index in [1.54, 1.807) is 0 Å². The van der Waals surface area contributed by atoms with Crippen LogP contribution in [-0.4, -0.2) is 0 Å². The molecule has 0 fully saturated rings. The van der Waals surface area contributed by atoms with Gasteiger partial charge in [0, 0.05) is 0 Å². The Morgan fingerprint density at radius 1 is 0.867 bits per heavy atom. The fourth-order valence-electron chi connectivity index (χ4n) is 2.89. The van der Waals surface area contributed by atoms with Crippen molar-refractivity contribution in [3.8, 4) is 0 Å². The minimum absolute atomic E-state index is 0.488. The van der Waals surface area contributed by atoms with Crippen molar-refractivity contribution in [2.24, 2.45) is 23.2 Å². The van der Waals surface area contributed by atoms with Crippen molar-refractivity contribution in [1.29, 1.82) is 0 Å². The van der Waals surface area contributed by atoms with Gasteiger partial charge in [-0.2, -0.15) is 0 Å². The fourth-order valence-corrected chi connectivity index (χ4v) is 2.89. The maximum Gasteiger partial charge on any atom is -0.0363 e. The first kappa shape index (κ1) is 15.0. The van der Waals surface area contributed by atoms with E-state index >= 15 is 0 Å². The lowest BCUT2D eigenvalue weighted by atomic mass is 9.71. The van der Waals surface area contributed by atoms with Gasteiger partial charge in [-0.05, 0) is 29.6 Å². The molecule has 0 aromatic carbocycles. The Morgan fingerprint density at radius 3 is 1.67 bits per heavy atom. The number of rotatable bonds is 6. The fraction of sp³-hybridized carbons (Fsp3) is 1.00. The summed E-state index contributed by atoms with van der Waals surface area (Å²) in [4.78, 5) is 0. The van der Waals surface area contributed by atoms with Crippen LogP contribution < -0.4 is 0 Å². The standard InChI is InChI=1S/C15H32/c1-8-12(4)14(10-3)13(9-2)11-15(5,6)7/h12-14H,8-11H2,1-7H3. The molecule has 0 saturated carbocycles. The summed E-state index contributed by atoms with van der Waals surface area (Å²) in [6, 6.07) is 0. The molecule has 0 radical (unpaired) electrons. The first-order chi connectivity index (χ1) is 6.85. The van der Waals surface area contributed by atoms with Gasteiger partial charge in [0.25, 0.3) is 0 Å². The highest BCUT2D eigenvalue weighted by Crippen LogP contribution is 2.36. The van der Waals surface area contributed by atoms with Crippen LogP contribution in [0.3, 0.4) is 0 Å². The Bertz CT molecular complexity index is 152. The molecular formula is C15H32. The van der Waals surface area contributed by atoms with Crippen molar-refractivity contribution >= 4 is 0 Å². The van der Waals surface area contributed by atoms with E-state index in [1.807, 2.05) is 0 Å². The lowest BCUT2D eigenvalue weighted by Crippen LogP contribution is -2.25. The van der Waals surface area contributed by atoms with Gasteiger partial charge in [-0.15, -0.1) is 0 Å². The molecule has 0 aliphatic rings. The predicted octanol–water partition coefficient (Wildman–Crippen LogP) is 5.52. The molecule has 15 heavy (non-hydrogen) atoms. The molecule has 0 aromatic heterocycles. The summed E-state index contributed by atoms with van der Waals surface area (Å²) in [6.07, 6.45) is 5.41. The van der Waals surface area contributed by atoms with Crippen molar-refractivity contribution in [3.63, 3.8) is 0 Å². The van der Waals surface area contributed by atoms with Crippen molar-refractivity contribution in [1.82, 2.24) is 0 Å². The van der Waals surface area contributed by atoms with Crippen molar-refractivity contribution in [2.75, 3.05) is 0 Å². The third kappa shape index (κ3) is 5.58. The van der Waals surface area contributed by atoms with E-state index in [9.17, 15) is 0 Å². The molecule has 0 N–H and O–H groups in total. The first-order valence-electron chi connectivity index (χ1n) is 6.85. The van der Waals surface area contributed by atoms with E-state index in [2.05, 4.69) is 48.5 Å². The molecule has 92 valence electrons. The minimum Gasteiger partial charge on any atom is -0.0651 e. The average molecular weight is 212 g/mol. The molecule has 0 nitrogen and oxygen atoms in total. The zero-order chi connectivity index (χ0) is 12.1. The van der Waals surface area contributed by atoms with Crippen LogP contribution in [0.25, 0.3) is 0 Å². The van der Waals surface area contributed by atoms with Gasteiger partial charge < -0.3 is 0 Å². The first-order valence-corrected chi connectivity index (χ1v) is 6.85. The van der Waals surface area contributed by atoms with Crippen LogP contribution in [0.2, 0.25) is 0 Å². The Balaban J connectivity index is 4.47. The molecule has 0 bridgehead atoms.